The summed E-state index contributed by atoms with van der Waals surface area (Å²) in [5.74, 6) is 1.03. The summed E-state index contributed by atoms with van der Waals surface area (Å²) in [6.45, 7) is 16.6. The lowest BCUT2D eigenvalue weighted by Crippen LogP contribution is -2.10. The lowest BCUT2D eigenvalue weighted by Gasteiger charge is -2.15. The van der Waals surface area contributed by atoms with Gasteiger partial charge in [-0.05, 0) is 131 Å². The Kier molecular flexibility index (Phi) is 8.76. The number of benzene rings is 2. The van der Waals surface area contributed by atoms with Gasteiger partial charge in [-0.3, -0.25) is 4.57 Å². The molecule has 3 aromatic heterocycles. The molecule has 50 heavy (non-hydrogen) atoms. The van der Waals surface area contributed by atoms with Crippen LogP contribution >= 0.6 is 7.60 Å². The third-order valence-corrected chi connectivity index (χ3v) is 11.1. The van der Waals surface area contributed by atoms with Crippen molar-refractivity contribution in [3.63, 3.8) is 0 Å². The van der Waals surface area contributed by atoms with E-state index in [0.29, 0.717) is 33.8 Å². The maximum absolute atomic E-state index is 14.5. The largest absolute Gasteiger partial charge is 0.365 e. The summed E-state index contributed by atoms with van der Waals surface area (Å²) in [7, 11) is -3.79. The Morgan fingerprint density at radius 1 is 0.580 bits per heavy atom. The van der Waals surface area contributed by atoms with Gasteiger partial charge in [0.15, 0.2) is 11.6 Å². The molecule has 0 unspecified atom stereocenters. The molecule has 0 atom stereocenters. The second-order valence-corrected chi connectivity index (χ2v) is 14.9. The molecule has 0 fully saturated rings. The van der Waals surface area contributed by atoms with Gasteiger partial charge in [0.05, 0.1) is 30.1 Å². The van der Waals surface area contributed by atoms with Gasteiger partial charge in [-0.2, -0.15) is 0 Å². The molecule has 7 rings (SSSR count). The predicted molar refractivity (Wildman–Crippen MR) is 204 cm³/mol. The van der Waals surface area contributed by atoms with Crippen LogP contribution in [0.1, 0.15) is 70.3 Å². The van der Waals surface area contributed by atoms with E-state index >= 15 is 0 Å². The zero-order chi connectivity index (χ0) is 35.3. The molecular weight excluding hydrogens is 643 g/mol. The van der Waals surface area contributed by atoms with Crippen molar-refractivity contribution < 1.29 is 13.6 Å². The number of hydrogen-bond donors (Lipinski definition) is 2. The molecule has 254 valence electrons. The molecule has 5 heterocycles. The molecule has 0 saturated heterocycles. The first-order valence-electron chi connectivity index (χ1n) is 16.9. The van der Waals surface area contributed by atoms with Crippen molar-refractivity contribution in [2.24, 2.45) is 0 Å². The zero-order valence-corrected chi connectivity index (χ0v) is 30.6. The van der Waals surface area contributed by atoms with Crippen LogP contribution in [-0.4, -0.2) is 43.1 Å². The molecule has 9 nitrogen and oxygen atoms in total. The fourth-order valence-electron chi connectivity index (χ4n) is 7.27. The van der Waals surface area contributed by atoms with Crippen LogP contribution in [0, 0.1) is 41.5 Å². The van der Waals surface area contributed by atoms with Crippen molar-refractivity contribution >= 4 is 59.5 Å². The number of aromatic nitrogens is 6. The van der Waals surface area contributed by atoms with Gasteiger partial charge in [0, 0.05) is 16.6 Å². The average molecular weight is 685 g/mol. The Balaban J connectivity index is 1.66. The summed E-state index contributed by atoms with van der Waals surface area (Å²) in [5.41, 5.74) is 14.7. The topological polar surface area (TPSA) is 119 Å². The molecule has 0 spiro atoms. The van der Waals surface area contributed by atoms with Crippen LogP contribution < -0.4 is 5.30 Å². The SMILES string of the molecule is CCOP(=O)(OCC)c1cc2[nH]c1nc1nc(c(-c3c(C)cc(C)cc3C)c3nc(nc4ccc([nH]4)c2-c2c(C)cc(C)cc2C)C=C3)C=C1. The van der Waals surface area contributed by atoms with Crippen molar-refractivity contribution in [3.8, 4) is 22.3 Å². The van der Waals surface area contributed by atoms with Gasteiger partial charge in [0.2, 0.25) is 0 Å². The Morgan fingerprint density at radius 3 is 1.64 bits per heavy atom. The molecule has 5 aromatic rings. The molecule has 2 aliphatic heterocycles. The highest BCUT2D eigenvalue weighted by Gasteiger charge is 2.31. The summed E-state index contributed by atoms with van der Waals surface area (Å²) in [4.78, 5) is 27.0. The van der Waals surface area contributed by atoms with Crippen molar-refractivity contribution in [2.75, 3.05) is 13.2 Å². The Hall–Kier alpha value is -4.95. The van der Waals surface area contributed by atoms with Gasteiger partial charge >= 0.3 is 7.60 Å². The number of aryl methyl sites for hydroxylation is 6. The smallest absolute Gasteiger partial charge is 0.340 e. The van der Waals surface area contributed by atoms with Gasteiger partial charge in [-0.25, -0.2) is 19.9 Å². The first-order valence-corrected chi connectivity index (χ1v) is 18.5. The van der Waals surface area contributed by atoms with Crippen LogP contribution in [0.15, 0.2) is 42.5 Å². The molecule has 0 aliphatic carbocycles. The molecule has 0 saturated carbocycles. The minimum atomic E-state index is -3.79. The lowest BCUT2D eigenvalue weighted by molar-refractivity contribution is 0.230. The quantitative estimate of drug-likeness (QED) is 0.161. The van der Waals surface area contributed by atoms with Gasteiger partial charge in [0.25, 0.3) is 0 Å². The second kappa shape index (κ2) is 13.1. The van der Waals surface area contributed by atoms with Crippen LogP contribution in [0.4, 0.5) is 0 Å². The maximum Gasteiger partial charge on any atom is 0.365 e. The van der Waals surface area contributed by atoms with Gasteiger partial charge < -0.3 is 19.0 Å². The monoisotopic (exact) mass is 684 g/mol. The second-order valence-electron chi connectivity index (χ2n) is 12.9. The van der Waals surface area contributed by atoms with E-state index in [1.165, 1.54) is 11.1 Å². The average Bonchev–Trinajstić information content (AvgIpc) is 3.85. The predicted octanol–water partition coefficient (Wildman–Crippen LogP) is 9.52. The van der Waals surface area contributed by atoms with Crippen LogP contribution in [0.5, 0.6) is 0 Å². The van der Waals surface area contributed by atoms with E-state index in [4.69, 9.17) is 29.0 Å². The molecule has 8 bridgehead atoms. The fourth-order valence-corrected chi connectivity index (χ4v) is 8.95. The number of fused-ring (bicyclic) bond motifs is 8. The summed E-state index contributed by atoms with van der Waals surface area (Å²) < 4.78 is 26.3. The van der Waals surface area contributed by atoms with Gasteiger partial charge in [0.1, 0.15) is 16.6 Å². The molecule has 0 radical (unpaired) electrons. The third kappa shape index (κ3) is 6.06. The van der Waals surface area contributed by atoms with Crippen molar-refractivity contribution in [2.45, 2.75) is 55.4 Å². The van der Waals surface area contributed by atoms with E-state index in [-0.39, 0.29) is 13.2 Å². The Morgan fingerprint density at radius 2 is 1.10 bits per heavy atom. The highest BCUT2D eigenvalue weighted by molar-refractivity contribution is 7.62. The van der Waals surface area contributed by atoms with E-state index in [1.54, 1.807) is 13.8 Å². The number of hydrogen-bond acceptors (Lipinski definition) is 7. The van der Waals surface area contributed by atoms with Crippen LogP contribution in [0.2, 0.25) is 0 Å². The van der Waals surface area contributed by atoms with E-state index in [0.717, 1.165) is 61.4 Å². The van der Waals surface area contributed by atoms with Crippen LogP contribution in [-0.2, 0) is 13.6 Å². The summed E-state index contributed by atoms with van der Waals surface area (Å²) in [5, 5.41) is 0.345. The molecule has 2 aliphatic rings. The number of H-pyrrole nitrogens is 2. The molecule has 2 aromatic carbocycles. The number of rotatable bonds is 7. The number of nitrogens with one attached hydrogen (secondary N) is 2. The highest BCUT2D eigenvalue weighted by Crippen LogP contribution is 2.49. The van der Waals surface area contributed by atoms with Crippen LogP contribution in [0.25, 0.3) is 68.9 Å². The Bertz CT molecular complexity index is 2420. The van der Waals surface area contributed by atoms with Gasteiger partial charge in [-0.15, -0.1) is 0 Å². The van der Waals surface area contributed by atoms with Crippen molar-refractivity contribution in [1.29, 1.82) is 0 Å². The summed E-state index contributed by atoms with van der Waals surface area (Å²) in [6, 6.07) is 14.5. The first-order chi connectivity index (χ1) is 24.0. The standard InChI is InChI=1S/C40H41N6O3P/c1-9-48-50(47,49-10-2)32-21-31-39(37-26(7)19-23(4)20-27(37)8)30-12-15-34(42-30)45-33-14-11-28(41-33)38(36-24(5)17-22(3)18-25(36)6)29-13-16-35(43-29)46-40(32)44-31/h11-21H,9-10H2,1-8H3,(H,41,42,45)(H,43,44,46). The minimum absolute atomic E-state index is 0.201. The third-order valence-electron chi connectivity index (χ3n) is 8.96. The fraction of sp³-hybridized carbons (Fsp3) is 0.250. The van der Waals surface area contributed by atoms with E-state index < -0.39 is 7.60 Å². The summed E-state index contributed by atoms with van der Waals surface area (Å²) >= 11 is 0. The summed E-state index contributed by atoms with van der Waals surface area (Å²) in [6.07, 6.45) is 7.75. The van der Waals surface area contributed by atoms with E-state index in [2.05, 4.69) is 75.8 Å². The van der Waals surface area contributed by atoms with Crippen molar-refractivity contribution in [3.05, 3.63) is 98.9 Å². The molecule has 2 N–H and O–H groups in total. The molecular formula is C40H41N6O3P. The molecule has 0 amide bonds. The van der Waals surface area contributed by atoms with Gasteiger partial charge in [-0.1, -0.05) is 35.4 Å². The van der Waals surface area contributed by atoms with Crippen molar-refractivity contribution in [1.82, 2.24) is 29.9 Å². The normalized spacial score (nSPS) is 12.6. The molecule has 10 heteroatoms. The van der Waals surface area contributed by atoms with E-state index in [1.807, 2.05) is 42.5 Å². The highest BCUT2D eigenvalue weighted by atomic mass is 31.2. The zero-order valence-electron chi connectivity index (χ0n) is 29.7. The lowest BCUT2D eigenvalue weighted by atomic mass is 9.92. The first kappa shape index (κ1) is 33.5. The maximum atomic E-state index is 14.5. The minimum Gasteiger partial charge on any atom is -0.340 e. The number of aromatic amines is 2. The van der Waals surface area contributed by atoms with Crippen LogP contribution in [0.3, 0.4) is 0 Å². The van der Waals surface area contributed by atoms with E-state index in [9.17, 15) is 4.57 Å². The Labute approximate surface area is 292 Å². The number of nitrogens with zero attached hydrogens (tertiary/aromatic N) is 4.